The van der Waals surface area contributed by atoms with Gasteiger partial charge in [-0.2, -0.15) is 0 Å². The van der Waals surface area contributed by atoms with Gasteiger partial charge in [-0.25, -0.2) is 0 Å². The van der Waals surface area contributed by atoms with Gasteiger partial charge in [0.1, 0.15) is 0 Å². The van der Waals surface area contributed by atoms with Crippen LogP contribution in [0, 0.1) is 5.41 Å². The molecule has 3 nitrogen and oxygen atoms in total. The van der Waals surface area contributed by atoms with Crippen molar-refractivity contribution in [2.24, 2.45) is 5.41 Å². The van der Waals surface area contributed by atoms with Crippen LogP contribution in [0.4, 0.5) is 0 Å². The van der Waals surface area contributed by atoms with E-state index in [1.807, 2.05) is 0 Å². The Kier molecular flexibility index (Phi) is 7.96. The fourth-order valence-electron chi connectivity index (χ4n) is 3.40. The zero-order valence-corrected chi connectivity index (χ0v) is 13.5. The van der Waals surface area contributed by atoms with Crippen molar-refractivity contribution in [1.82, 2.24) is 10.2 Å². The lowest BCUT2D eigenvalue weighted by Gasteiger charge is -2.38. The summed E-state index contributed by atoms with van der Waals surface area (Å²) in [5.41, 5.74) is 0.507. The molecule has 1 saturated carbocycles. The van der Waals surface area contributed by atoms with Crippen molar-refractivity contribution in [2.45, 2.75) is 58.9 Å². The first-order valence-electron chi connectivity index (χ1n) is 8.11. The van der Waals surface area contributed by atoms with Crippen molar-refractivity contribution in [2.75, 3.05) is 39.9 Å². The third kappa shape index (κ3) is 5.41. The van der Waals surface area contributed by atoms with Crippen molar-refractivity contribution in [3.05, 3.63) is 0 Å². The molecule has 0 saturated heterocycles. The monoisotopic (exact) mass is 270 g/mol. The highest BCUT2D eigenvalue weighted by atomic mass is 16.5. The van der Waals surface area contributed by atoms with Crippen LogP contribution in [0.15, 0.2) is 0 Å². The molecule has 3 heteroatoms. The molecule has 0 heterocycles. The topological polar surface area (TPSA) is 24.5 Å². The van der Waals surface area contributed by atoms with Crippen molar-refractivity contribution in [1.29, 1.82) is 0 Å². The molecule has 1 fully saturated rings. The Morgan fingerprint density at radius 1 is 1.26 bits per heavy atom. The number of methoxy groups -OCH3 is 1. The first-order chi connectivity index (χ1) is 9.17. The summed E-state index contributed by atoms with van der Waals surface area (Å²) in [4.78, 5) is 2.60. The molecule has 1 aliphatic rings. The second-order valence-electron chi connectivity index (χ2n) is 6.25. The van der Waals surface area contributed by atoms with Crippen LogP contribution in [0.3, 0.4) is 0 Å². The molecule has 1 N–H and O–H groups in total. The van der Waals surface area contributed by atoms with Crippen LogP contribution in [0.25, 0.3) is 0 Å². The van der Waals surface area contributed by atoms with Crippen LogP contribution in [0.2, 0.25) is 0 Å². The molecular weight excluding hydrogens is 236 g/mol. The Labute approximate surface area is 120 Å². The molecule has 0 bridgehead atoms. The first-order valence-corrected chi connectivity index (χ1v) is 8.11. The van der Waals surface area contributed by atoms with Crippen LogP contribution in [-0.4, -0.2) is 50.8 Å². The maximum atomic E-state index is 5.33. The predicted octanol–water partition coefficient (Wildman–Crippen LogP) is 2.90. The average Bonchev–Trinajstić information content (AvgIpc) is 2.85. The fraction of sp³-hybridized carbons (Fsp3) is 1.00. The third-order valence-electron chi connectivity index (χ3n) is 4.57. The molecule has 1 unspecified atom stereocenters. The molecule has 0 radical (unpaired) electrons. The summed E-state index contributed by atoms with van der Waals surface area (Å²) in [7, 11) is 1.80. The first kappa shape index (κ1) is 16.9. The Morgan fingerprint density at radius 2 is 1.95 bits per heavy atom. The van der Waals surface area contributed by atoms with Gasteiger partial charge in [0.2, 0.25) is 0 Å². The minimum Gasteiger partial charge on any atom is -0.383 e. The second kappa shape index (κ2) is 8.93. The van der Waals surface area contributed by atoms with E-state index in [1.165, 1.54) is 45.2 Å². The molecule has 1 atom stereocenters. The Bertz CT molecular complexity index is 227. The Hall–Kier alpha value is -0.120. The summed E-state index contributed by atoms with van der Waals surface area (Å²) < 4.78 is 5.33. The third-order valence-corrected chi connectivity index (χ3v) is 4.57. The van der Waals surface area contributed by atoms with Gasteiger partial charge in [0.25, 0.3) is 0 Å². The zero-order chi connectivity index (χ0) is 14.1. The van der Waals surface area contributed by atoms with Crippen molar-refractivity contribution < 1.29 is 4.74 Å². The molecule has 0 aromatic rings. The lowest BCUT2D eigenvalue weighted by molar-refractivity contribution is 0.0667. The largest absolute Gasteiger partial charge is 0.383 e. The highest BCUT2D eigenvalue weighted by Crippen LogP contribution is 2.38. The summed E-state index contributed by atoms with van der Waals surface area (Å²) >= 11 is 0. The number of rotatable bonds is 10. The van der Waals surface area contributed by atoms with E-state index >= 15 is 0 Å². The van der Waals surface area contributed by atoms with Gasteiger partial charge < -0.3 is 10.1 Å². The summed E-state index contributed by atoms with van der Waals surface area (Å²) in [5.74, 6) is 0. The van der Waals surface area contributed by atoms with Crippen LogP contribution in [0.1, 0.15) is 52.9 Å². The fourth-order valence-corrected chi connectivity index (χ4v) is 3.40. The molecule has 0 aliphatic heterocycles. The SMILES string of the molecule is CCCNCC1(CN(CC)C(C)COC)CCCC1. The molecule has 1 rings (SSSR count). The van der Waals surface area contributed by atoms with E-state index < -0.39 is 0 Å². The van der Waals surface area contributed by atoms with E-state index in [-0.39, 0.29) is 0 Å². The molecule has 19 heavy (non-hydrogen) atoms. The standard InChI is InChI=1S/C16H34N2O/c1-5-11-17-13-16(9-7-8-10-16)14-18(6-2)15(3)12-19-4/h15,17H,5-14H2,1-4H3. The van der Waals surface area contributed by atoms with E-state index in [9.17, 15) is 0 Å². The second-order valence-corrected chi connectivity index (χ2v) is 6.25. The molecular formula is C16H34N2O. The van der Waals surface area contributed by atoms with E-state index in [0.29, 0.717) is 11.5 Å². The summed E-state index contributed by atoms with van der Waals surface area (Å²) in [6, 6.07) is 0.527. The van der Waals surface area contributed by atoms with E-state index in [1.54, 1.807) is 7.11 Å². The summed E-state index contributed by atoms with van der Waals surface area (Å²) in [5, 5.41) is 3.66. The quantitative estimate of drug-likeness (QED) is 0.618. The lowest BCUT2D eigenvalue weighted by atomic mass is 9.85. The van der Waals surface area contributed by atoms with Gasteiger partial charge in [0, 0.05) is 26.2 Å². The summed E-state index contributed by atoms with van der Waals surface area (Å²) in [6.45, 7) is 12.3. The minimum atomic E-state index is 0.507. The zero-order valence-electron chi connectivity index (χ0n) is 13.5. The van der Waals surface area contributed by atoms with Gasteiger partial charge in [-0.1, -0.05) is 26.7 Å². The molecule has 0 aromatic heterocycles. The number of nitrogens with zero attached hydrogens (tertiary/aromatic N) is 1. The normalized spacial score (nSPS) is 20.1. The minimum absolute atomic E-state index is 0.507. The lowest BCUT2D eigenvalue weighted by Crippen LogP contribution is -2.47. The van der Waals surface area contributed by atoms with Crippen LogP contribution in [0.5, 0.6) is 0 Å². The molecule has 0 aromatic carbocycles. The summed E-state index contributed by atoms with van der Waals surface area (Å²) in [6.07, 6.45) is 6.82. The molecule has 0 spiro atoms. The smallest absolute Gasteiger partial charge is 0.0615 e. The van der Waals surface area contributed by atoms with Crippen LogP contribution in [-0.2, 0) is 4.74 Å². The molecule has 114 valence electrons. The van der Waals surface area contributed by atoms with Crippen molar-refractivity contribution in [3.8, 4) is 0 Å². The van der Waals surface area contributed by atoms with Gasteiger partial charge in [-0.3, -0.25) is 4.90 Å². The number of ether oxygens (including phenoxy) is 1. The Morgan fingerprint density at radius 3 is 2.47 bits per heavy atom. The van der Waals surface area contributed by atoms with Gasteiger partial charge in [-0.05, 0) is 44.7 Å². The number of nitrogens with one attached hydrogen (secondary N) is 1. The van der Waals surface area contributed by atoms with E-state index in [4.69, 9.17) is 4.74 Å². The van der Waals surface area contributed by atoms with Crippen molar-refractivity contribution >= 4 is 0 Å². The number of hydrogen-bond acceptors (Lipinski definition) is 3. The van der Waals surface area contributed by atoms with Gasteiger partial charge >= 0.3 is 0 Å². The average molecular weight is 270 g/mol. The van der Waals surface area contributed by atoms with Gasteiger partial charge in [0.15, 0.2) is 0 Å². The Balaban J connectivity index is 2.54. The van der Waals surface area contributed by atoms with E-state index in [0.717, 1.165) is 19.7 Å². The molecule has 0 amide bonds. The maximum absolute atomic E-state index is 5.33. The highest BCUT2D eigenvalue weighted by Gasteiger charge is 2.35. The highest BCUT2D eigenvalue weighted by molar-refractivity contribution is 4.90. The van der Waals surface area contributed by atoms with Crippen LogP contribution < -0.4 is 5.32 Å². The predicted molar refractivity (Wildman–Crippen MR) is 82.6 cm³/mol. The van der Waals surface area contributed by atoms with Gasteiger partial charge in [0.05, 0.1) is 6.61 Å². The van der Waals surface area contributed by atoms with Crippen LogP contribution >= 0.6 is 0 Å². The van der Waals surface area contributed by atoms with Crippen molar-refractivity contribution in [3.63, 3.8) is 0 Å². The molecule has 1 aliphatic carbocycles. The maximum Gasteiger partial charge on any atom is 0.0615 e. The van der Waals surface area contributed by atoms with Gasteiger partial charge in [-0.15, -0.1) is 0 Å². The number of hydrogen-bond donors (Lipinski definition) is 1. The number of likely N-dealkylation sites (N-methyl/N-ethyl adjacent to an activating group) is 1. The van der Waals surface area contributed by atoms with E-state index in [2.05, 4.69) is 31.0 Å².